The molecule has 0 fully saturated rings. The lowest BCUT2D eigenvalue weighted by molar-refractivity contribution is 0.768. The van der Waals surface area contributed by atoms with Crippen LogP contribution >= 0.6 is 0 Å². The molecule has 0 spiro atoms. The molecule has 0 N–H and O–H groups in total. The van der Waals surface area contributed by atoms with Crippen LogP contribution in [0.4, 0.5) is 0 Å². The van der Waals surface area contributed by atoms with Crippen LogP contribution in [-0.4, -0.2) is 9.52 Å². The van der Waals surface area contributed by atoms with Gasteiger partial charge < -0.3 is 0 Å². The van der Waals surface area contributed by atoms with Gasteiger partial charge in [-0.05, 0) is 6.04 Å². The summed E-state index contributed by atoms with van der Waals surface area (Å²) < 4.78 is 0. The van der Waals surface area contributed by atoms with Crippen LogP contribution in [0.5, 0.6) is 0 Å². The van der Waals surface area contributed by atoms with E-state index in [2.05, 4.69) is 37.3 Å². The molecule has 1 aromatic rings. The topological polar surface area (TPSA) is 0 Å². The van der Waals surface area contributed by atoms with E-state index in [9.17, 15) is 0 Å². The molecule has 72 valence electrons. The zero-order valence-electron chi connectivity index (χ0n) is 8.63. The van der Waals surface area contributed by atoms with Crippen molar-refractivity contribution < 1.29 is 0 Å². The zero-order chi connectivity index (χ0) is 9.36. The van der Waals surface area contributed by atoms with Crippen LogP contribution < -0.4 is 0 Å². The molecule has 1 heteroatoms. The van der Waals surface area contributed by atoms with Gasteiger partial charge in [0.2, 0.25) is 0 Å². The van der Waals surface area contributed by atoms with Gasteiger partial charge in [-0.3, -0.25) is 0 Å². The van der Waals surface area contributed by atoms with Crippen LogP contribution in [0.3, 0.4) is 0 Å². The molecular formula is C12H20Si. The Morgan fingerprint density at radius 2 is 1.85 bits per heavy atom. The van der Waals surface area contributed by atoms with E-state index in [0.717, 1.165) is 0 Å². The van der Waals surface area contributed by atoms with E-state index in [4.69, 9.17) is 0 Å². The summed E-state index contributed by atoms with van der Waals surface area (Å²) in [6.07, 6.45) is 4.26. The molecule has 0 unspecified atom stereocenters. The summed E-state index contributed by atoms with van der Waals surface area (Å²) in [5.74, 6) is 0. The van der Waals surface area contributed by atoms with Crippen molar-refractivity contribution >= 4 is 9.52 Å². The Balaban J connectivity index is 2.07. The largest absolute Gasteiger partial charge is 0.0654 e. The summed E-state index contributed by atoms with van der Waals surface area (Å²) in [4.78, 5) is 0. The lowest BCUT2D eigenvalue weighted by Crippen LogP contribution is -1.95. The summed E-state index contributed by atoms with van der Waals surface area (Å²) in [7, 11) is 0.193. The van der Waals surface area contributed by atoms with E-state index in [1.165, 1.54) is 31.4 Å². The molecular weight excluding hydrogens is 172 g/mol. The third kappa shape index (κ3) is 4.89. The highest BCUT2D eigenvalue weighted by atomic mass is 28.2. The lowest BCUT2D eigenvalue weighted by Gasteiger charge is -1.99. The molecule has 13 heavy (non-hydrogen) atoms. The van der Waals surface area contributed by atoms with Gasteiger partial charge in [-0.2, -0.15) is 0 Å². The van der Waals surface area contributed by atoms with Crippen molar-refractivity contribution in [2.24, 2.45) is 0 Å². The van der Waals surface area contributed by atoms with E-state index >= 15 is 0 Å². The van der Waals surface area contributed by atoms with Gasteiger partial charge in [-0.15, -0.1) is 0 Å². The molecule has 0 atom stereocenters. The van der Waals surface area contributed by atoms with E-state index in [1.54, 1.807) is 5.56 Å². The Morgan fingerprint density at radius 3 is 2.54 bits per heavy atom. The highest BCUT2D eigenvalue weighted by Gasteiger charge is 1.92. The van der Waals surface area contributed by atoms with E-state index in [-0.39, 0.29) is 9.52 Å². The minimum atomic E-state index is 0.193. The summed E-state index contributed by atoms with van der Waals surface area (Å²) in [6, 6.07) is 13.8. The smallest absolute Gasteiger partial charge is 0.0247 e. The Kier molecular flexibility index (Phi) is 5.58. The fraction of sp³-hybridized carbons (Fsp3) is 0.500. The molecule has 0 saturated heterocycles. The van der Waals surface area contributed by atoms with Gasteiger partial charge in [0.25, 0.3) is 0 Å². The average Bonchev–Trinajstić information content (AvgIpc) is 2.19. The standard InChI is InChI=1S/C12H20Si/c1-2-3-7-10-13-11-12-8-5-4-6-9-12/h4-6,8-9H,2-3,7,10-11,13H2,1H3. The van der Waals surface area contributed by atoms with Crippen LogP contribution in [0.1, 0.15) is 31.7 Å². The van der Waals surface area contributed by atoms with Crippen molar-refractivity contribution in [1.29, 1.82) is 0 Å². The molecule has 0 aliphatic heterocycles. The van der Waals surface area contributed by atoms with Gasteiger partial charge in [-0.25, -0.2) is 0 Å². The second-order valence-electron chi connectivity index (χ2n) is 3.65. The van der Waals surface area contributed by atoms with Crippen LogP contribution in [0.2, 0.25) is 6.04 Å². The molecule has 0 aliphatic rings. The van der Waals surface area contributed by atoms with Crippen LogP contribution in [0.25, 0.3) is 0 Å². The molecule has 0 bridgehead atoms. The molecule has 0 amide bonds. The average molecular weight is 192 g/mol. The first-order chi connectivity index (χ1) is 6.43. The fourth-order valence-corrected chi connectivity index (χ4v) is 3.28. The molecule has 0 aromatic heterocycles. The maximum absolute atomic E-state index is 2.28. The first-order valence-electron chi connectivity index (χ1n) is 5.47. The van der Waals surface area contributed by atoms with Crippen molar-refractivity contribution in [1.82, 2.24) is 0 Å². The van der Waals surface area contributed by atoms with Crippen molar-refractivity contribution in [3.8, 4) is 0 Å². The minimum absolute atomic E-state index is 0.193. The quantitative estimate of drug-likeness (QED) is 0.480. The predicted octanol–water partition coefficient (Wildman–Crippen LogP) is 2.96. The fourth-order valence-electron chi connectivity index (χ4n) is 1.58. The monoisotopic (exact) mass is 192 g/mol. The van der Waals surface area contributed by atoms with Gasteiger partial charge in [0.1, 0.15) is 0 Å². The Hall–Kier alpha value is -0.563. The zero-order valence-corrected chi connectivity index (χ0v) is 10.0. The van der Waals surface area contributed by atoms with Crippen LogP contribution in [0.15, 0.2) is 30.3 Å². The first kappa shape index (κ1) is 10.5. The number of benzene rings is 1. The molecule has 0 saturated carbocycles. The highest BCUT2D eigenvalue weighted by Crippen LogP contribution is 2.03. The number of hydrogen-bond acceptors (Lipinski definition) is 0. The first-order valence-corrected chi connectivity index (χ1v) is 7.47. The normalized spacial score (nSPS) is 11.2. The Morgan fingerprint density at radius 1 is 1.08 bits per heavy atom. The van der Waals surface area contributed by atoms with E-state index in [0.29, 0.717) is 0 Å². The second-order valence-corrected chi connectivity index (χ2v) is 5.56. The molecule has 0 aliphatic carbocycles. The SMILES string of the molecule is CCCCC[SiH2]Cc1ccccc1. The minimum Gasteiger partial charge on any atom is -0.0654 e. The van der Waals surface area contributed by atoms with Crippen LogP contribution in [0, 0.1) is 0 Å². The van der Waals surface area contributed by atoms with Gasteiger partial charge >= 0.3 is 0 Å². The molecule has 0 nitrogen and oxygen atoms in total. The molecule has 1 rings (SSSR count). The Labute approximate surface area is 84.2 Å². The Bertz CT molecular complexity index is 206. The van der Waals surface area contributed by atoms with Crippen molar-refractivity contribution in [3.63, 3.8) is 0 Å². The molecule has 0 heterocycles. The van der Waals surface area contributed by atoms with E-state index < -0.39 is 0 Å². The number of unbranched alkanes of at least 4 members (excludes halogenated alkanes) is 2. The lowest BCUT2D eigenvalue weighted by atomic mass is 10.2. The molecule has 0 radical (unpaired) electrons. The van der Waals surface area contributed by atoms with Crippen LogP contribution in [-0.2, 0) is 6.04 Å². The third-order valence-corrected chi connectivity index (χ3v) is 4.34. The third-order valence-electron chi connectivity index (χ3n) is 2.41. The van der Waals surface area contributed by atoms with Gasteiger partial charge in [0.05, 0.1) is 0 Å². The maximum atomic E-state index is 2.28. The summed E-state index contributed by atoms with van der Waals surface area (Å²) in [6.45, 7) is 2.28. The second kappa shape index (κ2) is 6.90. The van der Waals surface area contributed by atoms with Crippen molar-refractivity contribution in [3.05, 3.63) is 35.9 Å². The summed E-state index contributed by atoms with van der Waals surface area (Å²) in [5.41, 5.74) is 1.55. The van der Waals surface area contributed by atoms with Gasteiger partial charge in [0.15, 0.2) is 0 Å². The molecule has 1 aromatic carbocycles. The van der Waals surface area contributed by atoms with Gasteiger partial charge in [0, 0.05) is 9.52 Å². The van der Waals surface area contributed by atoms with Crippen molar-refractivity contribution in [2.45, 2.75) is 38.3 Å². The number of rotatable bonds is 6. The van der Waals surface area contributed by atoms with Gasteiger partial charge in [-0.1, -0.05) is 68.1 Å². The maximum Gasteiger partial charge on any atom is 0.0247 e. The summed E-state index contributed by atoms with van der Waals surface area (Å²) in [5, 5.41) is 0. The highest BCUT2D eigenvalue weighted by molar-refractivity contribution is 6.34. The van der Waals surface area contributed by atoms with Crippen molar-refractivity contribution in [2.75, 3.05) is 0 Å². The summed E-state index contributed by atoms with van der Waals surface area (Å²) >= 11 is 0. The van der Waals surface area contributed by atoms with E-state index in [1.807, 2.05) is 0 Å². The predicted molar refractivity (Wildman–Crippen MR) is 63.0 cm³/mol. The number of hydrogen-bond donors (Lipinski definition) is 0.